The fourth-order valence-corrected chi connectivity index (χ4v) is 3.48. The summed E-state index contributed by atoms with van der Waals surface area (Å²) in [5.41, 5.74) is 0.178. The molecule has 148 valence electrons. The van der Waals surface area contributed by atoms with Crippen molar-refractivity contribution in [1.82, 2.24) is 10.2 Å². The third-order valence-electron chi connectivity index (χ3n) is 4.69. The summed E-state index contributed by atoms with van der Waals surface area (Å²) in [6.45, 7) is 9.36. The summed E-state index contributed by atoms with van der Waals surface area (Å²) in [5, 5.41) is 2.71. The highest BCUT2D eigenvalue weighted by molar-refractivity contribution is 6.00. The lowest BCUT2D eigenvalue weighted by Gasteiger charge is -2.47. The number of methoxy groups -OCH3 is 1. The van der Waals surface area contributed by atoms with Gasteiger partial charge >= 0.3 is 0 Å². The first kappa shape index (κ1) is 20.7. The van der Waals surface area contributed by atoms with Crippen LogP contribution in [0.2, 0.25) is 0 Å². The maximum absolute atomic E-state index is 13.0. The summed E-state index contributed by atoms with van der Waals surface area (Å²) in [4.78, 5) is 40.6. The van der Waals surface area contributed by atoms with E-state index in [9.17, 15) is 14.4 Å². The average Bonchev–Trinajstić information content (AvgIpc) is 2.58. The van der Waals surface area contributed by atoms with Crippen LogP contribution in [0.15, 0.2) is 24.3 Å². The summed E-state index contributed by atoms with van der Waals surface area (Å²) < 4.78 is 5.17. The molecular formula is C20H29N3O4. The zero-order valence-corrected chi connectivity index (χ0v) is 16.9. The second-order valence-corrected chi connectivity index (χ2v) is 7.86. The van der Waals surface area contributed by atoms with Crippen molar-refractivity contribution in [3.8, 4) is 5.75 Å². The Morgan fingerprint density at radius 1 is 1.19 bits per heavy atom. The van der Waals surface area contributed by atoms with E-state index in [2.05, 4.69) is 5.32 Å². The standard InChI is InChI=1S/C20H29N3O4/c1-13(2)18(21-14(3)24)19(26)22-11-17(25)23(20(4,5)12-22)15-7-9-16(27-6)10-8-15/h7-10,13,18H,11-12H2,1-6H3,(H,21,24). The Morgan fingerprint density at radius 3 is 2.22 bits per heavy atom. The number of benzene rings is 1. The van der Waals surface area contributed by atoms with Crippen LogP contribution in [0.5, 0.6) is 5.75 Å². The number of carbonyl (C=O) groups excluding carboxylic acids is 3. The molecule has 1 unspecified atom stereocenters. The molecular weight excluding hydrogens is 346 g/mol. The maximum atomic E-state index is 13.0. The van der Waals surface area contributed by atoms with Crippen molar-refractivity contribution in [3.63, 3.8) is 0 Å². The summed E-state index contributed by atoms with van der Waals surface area (Å²) in [5.74, 6) is 0.00254. The first-order chi connectivity index (χ1) is 12.6. The number of ether oxygens (including phenoxy) is 1. The van der Waals surface area contributed by atoms with Crippen LogP contribution in [0.1, 0.15) is 34.6 Å². The number of carbonyl (C=O) groups is 3. The molecule has 0 bridgehead atoms. The van der Waals surface area contributed by atoms with Gasteiger partial charge in [-0.2, -0.15) is 0 Å². The van der Waals surface area contributed by atoms with Crippen LogP contribution in [-0.4, -0.2) is 54.4 Å². The second kappa shape index (κ2) is 7.98. The molecule has 1 atom stereocenters. The molecule has 1 N–H and O–H groups in total. The Morgan fingerprint density at radius 2 is 1.78 bits per heavy atom. The minimum Gasteiger partial charge on any atom is -0.497 e. The normalized spacial score (nSPS) is 17.7. The third kappa shape index (κ3) is 4.59. The topological polar surface area (TPSA) is 79.0 Å². The van der Waals surface area contributed by atoms with Gasteiger partial charge in [0.25, 0.3) is 0 Å². The lowest BCUT2D eigenvalue weighted by Crippen LogP contribution is -2.65. The Labute approximate surface area is 160 Å². The molecule has 27 heavy (non-hydrogen) atoms. The first-order valence-electron chi connectivity index (χ1n) is 9.10. The van der Waals surface area contributed by atoms with Crippen molar-refractivity contribution in [3.05, 3.63) is 24.3 Å². The van der Waals surface area contributed by atoms with E-state index in [4.69, 9.17) is 4.74 Å². The lowest BCUT2D eigenvalue weighted by molar-refractivity contribution is -0.143. The molecule has 3 amide bonds. The zero-order valence-electron chi connectivity index (χ0n) is 16.9. The van der Waals surface area contributed by atoms with Crippen LogP contribution in [0.4, 0.5) is 5.69 Å². The number of nitrogens with zero attached hydrogens (tertiary/aromatic N) is 2. The van der Waals surface area contributed by atoms with Crippen LogP contribution < -0.4 is 15.0 Å². The van der Waals surface area contributed by atoms with Crippen molar-refractivity contribution in [1.29, 1.82) is 0 Å². The van der Waals surface area contributed by atoms with E-state index in [0.29, 0.717) is 12.3 Å². The molecule has 1 fully saturated rings. The number of piperazine rings is 1. The highest BCUT2D eigenvalue weighted by Gasteiger charge is 2.42. The van der Waals surface area contributed by atoms with E-state index >= 15 is 0 Å². The van der Waals surface area contributed by atoms with Gasteiger partial charge in [0.1, 0.15) is 18.3 Å². The van der Waals surface area contributed by atoms with Gasteiger partial charge in [0.2, 0.25) is 17.7 Å². The highest BCUT2D eigenvalue weighted by atomic mass is 16.5. The molecule has 1 heterocycles. The fraction of sp³-hybridized carbons (Fsp3) is 0.550. The number of nitrogens with one attached hydrogen (secondary N) is 1. The fourth-order valence-electron chi connectivity index (χ4n) is 3.48. The Balaban J connectivity index is 2.24. The average molecular weight is 375 g/mol. The number of rotatable bonds is 5. The number of anilines is 1. The Hall–Kier alpha value is -2.57. The quantitative estimate of drug-likeness (QED) is 0.851. The SMILES string of the molecule is COc1ccc(N2C(=O)CN(C(=O)C(NC(C)=O)C(C)C)CC2(C)C)cc1. The van der Waals surface area contributed by atoms with Crippen LogP contribution in [0.25, 0.3) is 0 Å². The lowest BCUT2D eigenvalue weighted by atomic mass is 9.95. The van der Waals surface area contributed by atoms with Gasteiger partial charge in [0.05, 0.1) is 12.6 Å². The summed E-state index contributed by atoms with van der Waals surface area (Å²) in [7, 11) is 1.59. The molecule has 1 saturated heterocycles. The Bertz CT molecular complexity index is 712. The molecule has 1 aromatic carbocycles. The van der Waals surface area contributed by atoms with Gasteiger partial charge in [-0.1, -0.05) is 13.8 Å². The molecule has 0 saturated carbocycles. The largest absolute Gasteiger partial charge is 0.497 e. The smallest absolute Gasteiger partial charge is 0.247 e. The molecule has 1 aromatic rings. The maximum Gasteiger partial charge on any atom is 0.247 e. The minimum absolute atomic E-state index is 0.0168. The van der Waals surface area contributed by atoms with E-state index in [1.807, 2.05) is 52.0 Å². The van der Waals surface area contributed by atoms with Gasteiger partial charge in [-0.15, -0.1) is 0 Å². The molecule has 2 rings (SSSR count). The van der Waals surface area contributed by atoms with Gasteiger partial charge in [-0.25, -0.2) is 0 Å². The molecule has 0 spiro atoms. The van der Waals surface area contributed by atoms with Crippen LogP contribution in [-0.2, 0) is 14.4 Å². The van der Waals surface area contributed by atoms with Gasteiger partial charge in [-0.05, 0) is 44.0 Å². The summed E-state index contributed by atoms with van der Waals surface area (Å²) in [6.07, 6.45) is 0. The predicted octanol–water partition coefficient (Wildman–Crippen LogP) is 1.81. The van der Waals surface area contributed by atoms with Gasteiger partial charge in [0, 0.05) is 19.2 Å². The third-order valence-corrected chi connectivity index (χ3v) is 4.69. The number of amides is 3. The van der Waals surface area contributed by atoms with E-state index < -0.39 is 11.6 Å². The highest BCUT2D eigenvalue weighted by Crippen LogP contribution is 2.30. The molecule has 0 aromatic heterocycles. The molecule has 1 aliphatic rings. The molecule has 7 heteroatoms. The van der Waals surface area contributed by atoms with Gasteiger partial charge < -0.3 is 19.9 Å². The van der Waals surface area contributed by atoms with Crippen molar-refractivity contribution >= 4 is 23.4 Å². The summed E-state index contributed by atoms with van der Waals surface area (Å²) >= 11 is 0. The number of hydrogen-bond acceptors (Lipinski definition) is 4. The number of hydrogen-bond donors (Lipinski definition) is 1. The van der Waals surface area contributed by atoms with Crippen molar-refractivity contribution in [2.45, 2.75) is 46.2 Å². The first-order valence-corrected chi connectivity index (χ1v) is 9.10. The van der Waals surface area contributed by atoms with Crippen molar-refractivity contribution in [2.24, 2.45) is 5.92 Å². The van der Waals surface area contributed by atoms with Crippen molar-refractivity contribution < 1.29 is 19.1 Å². The van der Waals surface area contributed by atoms with Gasteiger partial charge in [-0.3, -0.25) is 14.4 Å². The molecule has 0 aliphatic carbocycles. The van der Waals surface area contributed by atoms with Crippen LogP contribution in [0.3, 0.4) is 0 Å². The zero-order chi connectivity index (χ0) is 20.4. The summed E-state index contributed by atoms with van der Waals surface area (Å²) in [6, 6.07) is 6.65. The van der Waals surface area contributed by atoms with Gasteiger partial charge in [0.15, 0.2) is 0 Å². The van der Waals surface area contributed by atoms with Crippen LogP contribution in [0, 0.1) is 5.92 Å². The van der Waals surface area contributed by atoms with E-state index in [1.165, 1.54) is 6.92 Å². The van der Waals surface area contributed by atoms with E-state index in [1.54, 1.807) is 16.9 Å². The van der Waals surface area contributed by atoms with E-state index in [-0.39, 0.29) is 30.2 Å². The molecule has 7 nitrogen and oxygen atoms in total. The monoisotopic (exact) mass is 375 g/mol. The van der Waals surface area contributed by atoms with Crippen molar-refractivity contribution in [2.75, 3.05) is 25.1 Å². The minimum atomic E-state index is -0.640. The van der Waals surface area contributed by atoms with E-state index in [0.717, 1.165) is 5.69 Å². The molecule has 0 radical (unpaired) electrons. The predicted molar refractivity (Wildman–Crippen MR) is 104 cm³/mol. The molecule has 1 aliphatic heterocycles. The second-order valence-electron chi connectivity index (χ2n) is 7.86. The Kier molecular flexibility index (Phi) is 6.13. The van der Waals surface area contributed by atoms with Crippen LogP contribution >= 0.6 is 0 Å².